The lowest BCUT2D eigenvalue weighted by Crippen LogP contribution is -2.24. The van der Waals surface area contributed by atoms with Crippen LogP contribution in [0.1, 0.15) is 22.7 Å². The zero-order valence-electron chi connectivity index (χ0n) is 13.0. The van der Waals surface area contributed by atoms with E-state index in [-0.39, 0.29) is 16.9 Å². The Morgan fingerprint density at radius 2 is 1.65 bits per heavy atom. The number of nitrogens with zero attached hydrogens (tertiary/aromatic N) is 1. The highest BCUT2D eigenvalue weighted by molar-refractivity contribution is 7.51. The van der Waals surface area contributed by atoms with Gasteiger partial charge < -0.3 is 15.1 Å². The molecule has 0 aliphatic carbocycles. The van der Waals surface area contributed by atoms with Crippen LogP contribution < -0.4 is 5.32 Å². The number of hydrogen-bond acceptors (Lipinski definition) is 3. The monoisotopic (exact) mass is 428 g/mol. The van der Waals surface area contributed by atoms with Crippen LogP contribution in [0.3, 0.4) is 0 Å². The van der Waals surface area contributed by atoms with Gasteiger partial charge in [0.15, 0.2) is 0 Å². The van der Waals surface area contributed by atoms with E-state index < -0.39 is 31.5 Å². The van der Waals surface area contributed by atoms with Crippen LogP contribution in [0.15, 0.2) is 36.4 Å². The van der Waals surface area contributed by atoms with E-state index in [1.807, 2.05) is 0 Å². The highest BCUT2D eigenvalue weighted by atomic mass is 35.5. The zero-order chi connectivity index (χ0) is 19.5. The van der Waals surface area contributed by atoms with E-state index in [4.69, 9.17) is 23.2 Å². The zero-order valence-corrected chi connectivity index (χ0v) is 15.4. The summed E-state index contributed by atoms with van der Waals surface area (Å²) in [6.07, 6.45) is -5.07. The number of aromatic nitrogens is 1. The lowest BCUT2D eigenvalue weighted by molar-refractivity contribution is -0.137. The molecule has 0 saturated carbocycles. The molecule has 0 fully saturated rings. The highest BCUT2D eigenvalue weighted by Gasteiger charge is 2.30. The number of hydrogen-bond donors (Lipinski definition) is 3. The lowest BCUT2D eigenvalue weighted by atomic mass is 10.1. The fraction of sp³-hybridized carbons (Fsp3) is 0.267. The second-order valence-electron chi connectivity index (χ2n) is 5.52. The maximum absolute atomic E-state index is 12.7. The summed E-state index contributed by atoms with van der Waals surface area (Å²) in [6, 6.07) is 6.26. The van der Waals surface area contributed by atoms with Crippen molar-refractivity contribution in [1.82, 2.24) is 10.3 Å². The second-order valence-corrected chi connectivity index (χ2v) is 7.99. The quantitative estimate of drug-likeness (QED) is 0.468. The van der Waals surface area contributed by atoms with Crippen LogP contribution in [0, 0.1) is 0 Å². The van der Waals surface area contributed by atoms with Crippen molar-refractivity contribution in [3.05, 3.63) is 63.4 Å². The van der Waals surface area contributed by atoms with Gasteiger partial charge >= 0.3 is 13.8 Å². The summed E-state index contributed by atoms with van der Waals surface area (Å²) < 4.78 is 49.4. The maximum atomic E-state index is 12.7. The first-order valence-corrected chi connectivity index (χ1v) is 9.76. The first-order valence-electron chi connectivity index (χ1n) is 7.21. The largest absolute Gasteiger partial charge is 0.416 e. The molecule has 0 spiro atoms. The normalized spacial score (nSPS) is 13.7. The molecule has 0 bridgehead atoms. The predicted octanol–water partition coefficient (Wildman–Crippen LogP) is 4.42. The van der Waals surface area contributed by atoms with Crippen molar-refractivity contribution in [2.45, 2.75) is 18.8 Å². The summed E-state index contributed by atoms with van der Waals surface area (Å²) in [6.45, 7) is 0.133. The maximum Gasteiger partial charge on any atom is 0.416 e. The van der Waals surface area contributed by atoms with Crippen LogP contribution in [0.25, 0.3) is 0 Å². The molecule has 0 aliphatic heterocycles. The summed E-state index contributed by atoms with van der Waals surface area (Å²) in [7, 11) is -4.42. The Morgan fingerprint density at radius 1 is 1.12 bits per heavy atom. The van der Waals surface area contributed by atoms with Gasteiger partial charge in [-0.15, -0.1) is 0 Å². The Labute approximate surface area is 157 Å². The molecule has 1 atom stereocenters. The fourth-order valence-corrected chi connectivity index (χ4v) is 3.61. The standard InChI is InChI=1S/C15H14Cl2F3N2O3P/c16-13-5-9(6-14(17)22-13)7-21-12(8-26(23,24)25)10-1-3-11(4-2-10)15(18,19)20/h1-6,12,21H,7-8H2,(H2,23,24,25). The van der Waals surface area contributed by atoms with Gasteiger partial charge in [0.05, 0.1) is 11.7 Å². The SMILES string of the molecule is O=P(O)(O)CC(NCc1cc(Cl)nc(Cl)c1)c1ccc(C(F)(F)F)cc1. The van der Waals surface area contributed by atoms with Gasteiger partial charge in [-0.2, -0.15) is 13.2 Å². The van der Waals surface area contributed by atoms with Crippen LogP contribution in [0.5, 0.6) is 0 Å². The van der Waals surface area contributed by atoms with Gasteiger partial charge in [0.1, 0.15) is 10.3 Å². The number of benzene rings is 1. The molecule has 0 saturated heterocycles. The first kappa shape index (κ1) is 21.2. The fourth-order valence-electron chi connectivity index (χ4n) is 2.29. The number of alkyl halides is 3. The lowest BCUT2D eigenvalue weighted by Gasteiger charge is -2.20. The third-order valence-corrected chi connectivity index (χ3v) is 4.66. The van der Waals surface area contributed by atoms with Crippen molar-refractivity contribution in [3.8, 4) is 0 Å². The number of pyridine rings is 1. The molecule has 26 heavy (non-hydrogen) atoms. The summed E-state index contributed by atoms with van der Waals surface area (Å²) in [5, 5.41) is 3.20. The molecule has 1 aromatic carbocycles. The molecule has 2 rings (SSSR count). The molecule has 5 nitrogen and oxygen atoms in total. The third kappa shape index (κ3) is 6.54. The van der Waals surface area contributed by atoms with Crippen molar-refractivity contribution >= 4 is 30.8 Å². The van der Waals surface area contributed by atoms with Gasteiger partial charge in [0, 0.05) is 12.6 Å². The topological polar surface area (TPSA) is 82.5 Å². The van der Waals surface area contributed by atoms with Crippen LogP contribution >= 0.6 is 30.8 Å². The highest BCUT2D eigenvalue weighted by Crippen LogP contribution is 2.39. The summed E-state index contributed by atoms with van der Waals surface area (Å²) in [5.41, 5.74) is 0.0778. The molecule has 0 aliphatic rings. The van der Waals surface area contributed by atoms with Gasteiger partial charge in [0.25, 0.3) is 0 Å². The summed E-state index contributed by atoms with van der Waals surface area (Å²) in [4.78, 5) is 22.3. The molecule has 3 N–H and O–H groups in total. The molecular weight excluding hydrogens is 415 g/mol. The number of rotatable bonds is 6. The van der Waals surface area contributed by atoms with Gasteiger partial charge in [-0.25, -0.2) is 4.98 Å². The second kappa shape index (κ2) is 8.25. The van der Waals surface area contributed by atoms with Crippen LogP contribution in [0.2, 0.25) is 10.3 Å². The van der Waals surface area contributed by atoms with Crippen molar-refractivity contribution in [2.24, 2.45) is 0 Å². The molecular formula is C15H14Cl2F3N2O3P. The van der Waals surface area contributed by atoms with Crippen LogP contribution in [0.4, 0.5) is 13.2 Å². The molecule has 142 valence electrons. The molecule has 1 aromatic heterocycles. The van der Waals surface area contributed by atoms with E-state index in [0.717, 1.165) is 12.1 Å². The third-order valence-electron chi connectivity index (χ3n) is 3.44. The average Bonchev–Trinajstić information content (AvgIpc) is 2.49. The minimum Gasteiger partial charge on any atom is -0.324 e. The van der Waals surface area contributed by atoms with Gasteiger partial charge in [-0.3, -0.25) is 4.57 Å². The van der Waals surface area contributed by atoms with Crippen molar-refractivity contribution in [2.75, 3.05) is 6.16 Å². The Kier molecular flexibility index (Phi) is 6.71. The van der Waals surface area contributed by atoms with Crippen LogP contribution in [-0.2, 0) is 17.3 Å². The number of nitrogens with one attached hydrogen (secondary N) is 1. The minimum absolute atomic E-state index is 0.133. The van der Waals surface area contributed by atoms with Crippen molar-refractivity contribution in [1.29, 1.82) is 0 Å². The Balaban J connectivity index is 2.21. The van der Waals surface area contributed by atoms with Gasteiger partial charge in [-0.1, -0.05) is 35.3 Å². The molecule has 1 unspecified atom stereocenters. The summed E-state index contributed by atoms with van der Waals surface area (Å²) >= 11 is 11.6. The number of halogens is 5. The first-order chi connectivity index (χ1) is 11.9. The average molecular weight is 429 g/mol. The molecule has 1 heterocycles. The van der Waals surface area contributed by atoms with E-state index in [1.165, 1.54) is 24.3 Å². The minimum atomic E-state index is -4.49. The van der Waals surface area contributed by atoms with Crippen LogP contribution in [-0.4, -0.2) is 20.9 Å². The Bertz CT molecular complexity index is 793. The van der Waals surface area contributed by atoms with Gasteiger partial charge in [-0.05, 0) is 35.4 Å². The van der Waals surface area contributed by atoms with E-state index in [2.05, 4.69) is 10.3 Å². The summed E-state index contributed by atoms with van der Waals surface area (Å²) in [5.74, 6) is 0. The Hall–Kier alpha value is -1.15. The molecule has 0 amide bonds. The van der Waals surface area contributed by atoms with E-state index in [0.29, 0.717) is 11.1 Å². The van der Waals surface area contributed by atoms with Gasteiger partial charge in [0.2, 0.25) is 0 Å². The van der Waals surface area contributed by atoms with E-state index in [1.54, 1.807) is 0 Å². The molecule has 11 heteroatoms. The van der Waals surface area contributed by atoms with E-state index in [9.17, 15) is 27.5 Å². The Morgan fingerprint density at radius 3 is 2.12 bits per heavy atom. The van der Waals surface area contributed by atoms with Crippen molar-refractivity contribution in [3.63, 3.8) is 0 Å². The van der Waals surface area contributed by atoms with Crippen molar-refractivity contribution < 1.29 is 27.5 Å². The molecule has 2 aromatic rings. The van der Waals surface area contributed by atoms with E-state index >= 15 is 0 Å². The smallest absolute Gasteiger partial charge is 0.324 e. The molecule has 0 radical (unpaired) electrons. The predicted molar refractivity (Wildman–Crippen MR) is 92.2 cm³/mol.